The van der Waals surface area contributed by atoms with Crippen LogP contribution >= 0.6 is 11.3 Å². The minimum atomic E-state index is -0.874. The summed E-state index contributed by atoms with van der Waals surface area (Å²) in [6, 6.07) is 10.4. The number of anilines is 1. The number of aryl methyl sites for hydroxylation is 1. The van der Waals surface area contributed by atoms with Gasteiger partial charge in [0.2, 0.25) is 5.76 Å². The highest BCUT2D eigenvalue weighted by atomic mass is 32.1. The molecule has 0 saturated heterocycles. The molecule has 1 aliphatic heterocycles. The number of rotatable bonds is 3. The van der Waals surface area contributed by atoms with E-state index in [4.69, 9.17) is 9.15 Å². The van der Waals surface area contributed by atoms with Crippen molar-refractivity contribution < 1.29 is 23.1 Å². The van der Waals surface area contributed by atoms with Gasteiger partial charge in [0.25, 0.3) is 5.91 Å². The minimum Gasteiger partial charge on any atom is -0.465 e. The third kappa shape index (κ3) is 3.71. The fourth-order valence-electron chi connectivity index (χ4n) is 4.39. The number of nitrogens with zero attached hydrogens (tertiary/aromatic N) is 2. The summed E-state index contributed by atoms with van der Waals surface area (Å²) in [7, 11) is 1.27. The van der Waals surface area contributed by atoms with Gasteiger partial charge in [-0.15, -0.1) is 0 Å². The Morgan fingerprint density at radius 3 is 2.47 bits per heavy atom. The van der Waals surface area contributed by atoms with E-state index in [1.165, 1.54) is 24.1 Å². The summed E-state index contributed by atoms with van der Waals surface area (Å²) in [6.45, 7) is 7.91. The van der Waals surface area contributed by atoms with Crippen LogP contribution in [0.5, 0.6) is 0 Å². The van der Waals surface area contributed by atoms with E-state index in [-0.39, 0.29) is 37.7 Å². The van der Waals surface area contributed by atoms with Crippen molar-refractivity contribution in [1.29, 1.82) is 0 Å². The van der Waals surface area contributed by atoms with Crippen LogP contribution in [0, 0.1) is 12.7 Å². The normalized spacial score (nSPS) is 15.4. The molecule has 4 aromatic rings. The van der Waals surface area contributed by atoms with Crippen molar-refractivity contribution in [1.82, 2.24) is 4.98 Å². The van der Waals surface area contributed by atoms with E-state index in [0.29, 0.717) is 11.3 Å². The molecule has 1 amide bonds. The van der Waals surface area contributed by atoms with Crippen molar-refractivity contribution in [3.63, 3.8) is 0 Å². The Bertz CT molecular complexity index is 1600. The molecule has 5 rings (SSSR count). The van der Waals surface area contributed by atoms with E-state index < -0.39 is 29.2 Å². The molecule has 36 heavy (non-hydrogen) atoms. The first-order valence-electron chi connectivity index (χ1n) is 11.3. The van der Waals surface area contributed by atoms with Gasteiger partial charge in [-0.25, -0.2) is 14.2 Å². The summed E-state index contributed by atoms with van der Waals surface area (Å²) < 4.78 is 24.7. The zero-order valence-corrected chi connectivity index (χ0v) is 21.2. The lowest BCUT2D eigenvalue weighted by atomic mass is 9.86. The van der Waals surface area contributed by atoms with Gasteiger partial charge in [0.15, 0.2) is 10.6 Å². The molecule has 1 unspecified atom stereocenters. The van der Waals surface area contributed by atoms with Crippen LogP contribution in [0.3, 0.4) is 0 Å². The van der Waals surface area contributed by atoms with Crippen LogP contribution in [0.25, 0.3) is 11.0 Å². The molecule has 0 fully saturated rings. The average molecular weight is 507 g/mol. The number of carbonyl (C=O) groups excluding carboxylic acids is 2. The zero-order valence-electron chi connectivity index (χ0n) is 20.3. The van der Waals surface area contributed by atoms with Crippen molar-refractivity contribution in [2.75, 3.05) is 12.0 Å². The van der Waals surface area contributed by atoms with Crippen molar-refractivity contribution in [3.05, 3.63) is 91.5 Å². The number of carbonyl (C=O) groups is 2. The number of esters is 1. The molecule has 0 radical (unpaired) electrons. The molecule has 1 aliphatic rings. The highest BCUT2D eigenvalue weighted by Gasteiger charge is 2.45. The number of methoxy groups -OCH3 is 1. The Kier molecular flexibility index (Phi) is 5.55. The molecule has 7 nitrogen and oxygen atoms in total. The van der Waals surface area contributed by atoms with Crippen LogP contribution in [-0.4, -0.2) is 24.0 Å². The Morgan fingerprint density at radius 2 is 1.83 bits per heavy atom. The second kappa shape index (κ2) is 8.37. The van der Waals surface area contributed by atoms with E-state index in [1.54, 1.807) is 6.92 Å². The van der Waals surface area contributed by atoms with E-state index in [9.17, 15) is 18.8 Å². The van der Waals surface area contributed by atoms with Gasteiger partial charge in [0.1, 0.15) is 16.3 Å². The summed E-state index contributed by atoms with van der Waals surface area (Å²) in [5, 5.41) is 0.272. The number of ether oxygens (including phenoxy) is 1. The summed E-state index contributed by atoms with van der Waals surface area (Å²) in [5.41, 5.74) is 1.76. The summed E-state index contributed by atoms with van der Waals surface area (Å²) >= 11 is 0.998. The number of thiazole rings is 1. The van der Waals surface area contributed by atoms with Crippen molar-refractivity contribution >= 4 is 39.3 Å². The Hall–Kier alpha value is -3.85. The van der Waals surface area contributed by atoms with Gasteiger partial charge in [-0.1, -0.05) is 56.4 Å². The summed E-state index contributed by atoms with van der Waals surface area (Å²) in [6.07, 6.45) is 0. The third-order valence-electron chi connectivity index (χ3n) is 6.29. The van der Waals surface area contributed by atoms with Crippen LogP contribution < -0.4 is 10.3 Å². The van der Waals surface area contributed by atoms with Gasteiger partial charge < -0.3 is 9.15 Å². The maximum Gasteiger partial charge on any atom is 0.350 e. The topological polar surface area (TPSA) is 89.7 Å². The predicted octanol–water partition coefficient (Wildman–Crippen LogP) is 5.53. The summed E-state index contributed by atoms with van der Waals surface area (Å²) in [4.78, 5) is 45.6. The first kappa shape index (κ1) is 23.9. The number of halogens is 1. The van der Waals surface area contributed by atoms with Gasteiger partial charge >= 0.3 is 5.97 Å². The van der Waals surface area contributed by atoms with Crippen molar-refractivity contribution in [3.8, 4) is 0 Å². The molecule has 0 bridgehead atoms. The standard InChI is InChI=1S/C27H23FN2O5S/c1-13-23(25(33)34-5)36-26(29-13)30-20(14-6-8-15(9-7-14)27(2,3)4)19-21(31)17-12-16(28)10-11-18(17)35-22(19)24(30)32/h6-12,20H,1-5H3. The molecule has 2 aromatic heterocycles. The lowest BCUT2D eigenvalue weighted by Crippen LogP contribution is -2.29. The fraction of sp³-hybridized carbons (Fsp3) is 0.259. The van der Waals surface area contributed by atoms with Gasteiger partial charge in [-0.05, 0) is 41.7 Å². The molecule has 0 spiro atoms. The zero-order chi connectivity index (χ0) is 25.9. The van der Waals surface area contributed by atoms with Crippen LogP contribution in [0.15, 0.2) is 51.7 Å². The van der Waals surface area contributed by atoms with Gasteiger partial charge in [0.05, 0.1) is 29.8 Å². The maximum absolute atomic E-state index is 14.0. The van der Waals surface area contributed by atoms with E-state index in [0.717, 1.165) is 23.0 Å². The lowest BCUT2D eigenvalue weighted by Gasteiger charge is -2.24. The van der Waals surface area contributed by atoms with Crippen LogP contribution in [0.4, 0.5) is 9.52 Å². The van der Waals surface area contributed by atoms with E-state index >= 15 is 0 Å². The largest absolute Gasteiger partial charge is 0.465 e. The fourth-order valence-corrected chi connectivity index (χ4v) is 5.40. The number of benzene rings is 2. The number of fused-ring (bicyclic) bond motifs is 2. The number of amides is 1. The molecule has 3 heterocycles. The van der Waals surface area contributed by atoms with Crippen molar-refractivity contribution in [2.45, 2.75) is 39.2 Å². The quantitative estimate of drug-likeness (QED) is 0.340. The van der Waals surface area contributed by atoms with Crippen molar-refractivity contribution in [2.24, 2.45) is 0 Å². The summed E-state index contributed by atoms with van der Waals surface area (Å²) in [5.74, 6) is -1.85. The molecular formula is C27H23FN2O5S. The van der Waals surface area contributed by atoms with E-state index in [2.05, 4.69) is 25.8 Å². The Labute approximate surface area is 210 Å². The van der Waals surface area contributed by atoms with Crippen LogP contribution in [0.1, 0.15) is 69.4 Å². The molecular weight excluding hydrogens is 483 g/mol. The number of aromatic nitrogens is 1. The Morgan fingerprint density at radius 1 is 1.14 bits per heavy atom. The molecule has 0 saturated carbocycles. The number of hydrogen-bond donors (Lipinski definition) is 0. The maximum atomic E-state index is 14.0. The second-order valence-corrected chi connectivity index (χ2v) is 10.6. The Balaban J connectivity index is 1.76. The van der Waals surface area contributed by atoms with Gasteiger partial charge in [0, 0.05) is 0 Å². The molecule has 0 N–H and O–H groups in total. The number of hydrogen-bond acceptors (Lipinski definition) is 7. The highest BCUT2D eigenvalue weighted by Crippen LogP contribution is 2.43. The molecule has 9 heteroatoms. The van der Waals surface area contributed by atoms with Crippen LogP contribution in [0.2, 0.25) is 0 Å². The lowest BCUT2D eigenvalue weighted by molar-refractivity contribution is 0.0605. The monoisotopic (exact) mass is 506 g/mol. The first-order valence-corrected chi connectivity index (χ1v) is 12.1. The van der Waals surface area contributed by atoms with Gasteiger partial charge in [-0.3, -0.25) is 14.5 Å². The third-order valence-corrected chi connectivity index (χ3v) is 7.42. The molecule has 0 aliphatic carbocycles. The SMILES string of the molecule is COC(=O)c1sc(N2C(=O)c3oc4ccc(F)cc4c(=O)c3C2c2ccc(C(C)(C)C)cc2)nc1C. The van der Waals surface area contributed by atoms with Gasteiger partial charge in [-0.2, -0.15) is 0 Å². The average Bonchev–Trinajstić information content (AvgIpc) is 3.36. The molecule has 2 aromatic carbocycles. The smallest absolute Gasteiger partial charge is 0.350 e. The minimum absolute atomic E-state index is 0.0466. The first-order chi connectivity index (χ1) is 17.0. The second-order valence-electron chi connectivity index (χ2n) is 9.67. The van der Waals surface area contributed by atoms with E-state index in [1.807, 2.05) is 24.3 Å². The molecule has 184 valence electrons. The van der Waals surface area contributed by atoms with Crippen LogP contribution in [-0.2, 0) is 10.2 Å². The molecule has 1 atom stereocenters. The highest BCUT2D eigenvalue weighted by molar-refractivity contribution is 7.17. The predicted molar refractivity (Wildman–Crippen MR) is 134 cm³/mol.